The number of thiocarbonyl (C=S) groups is 1. The largest absolute Gasteiger partial charge is 0.442 e. The van der Waals surface area contributed by atoms with Crippen molar-refractivity contribution in [2.45, 2.75) is 32.9 Å². The van der Waals surface area contributed by atoms with Crippen LogP contribution in [-0.4, -0.2) is 37.6 Å². The number of carbonyl (C=O) groups is 2. The van der Waals surface area contributed by atoms with Gasteiger partial charge in [-0.2, -0.15) is 10.5 Å². The number of hydrazine groups is 2. The van der Waals surface area contributed by atoms with Gasteiger partial charge >= 0.3 is 6.09 Å². The average Bonchev–Trinajstić information content (AvgIpc) is 3.19. The fraction of sp³-hybridized carbons (Fsp3) is 0.238. The number of nitrogens with two attached hydrogens (primary N) is 1. The van der Waals surface area contributed by atoms with E-state index in [4.69, 9.17) is 22.8 Å². The summed E-state index contributed by atoms with van der Waals surface area (Å²) in [5, 5.41) is 0.710. The fourth-order valence-electron chi connectivity index (χ4n) is 2.75. The second kappa shape index (κ2) is 9.48. The standard InChI is InChI=1S/C21H23N5O3S2/c1-21(2,3)29-20(28)26(24-22)19(30)25(12-14-7-5-4-6-8-14)18(27)15-9-10-16-17(11-15)31-13-23-16/h4-11,13,24H,12,22H2,1-3H3. The number of benzene rings is 2. The summed E-state index contributed by atoms with van der Waals surface area (Å²) in [5.41, 5.74) is 5.23. The molecule has 8 nitrogen and oxygen atoms in total. The van der Waals surface area contributed by atoms with Crippen molar-refractivity contribution in [3.63, 3.8) is 0 Å². The Morgan fingerprint density at radius 2 is 1.90 bits per heavy atom. The summed E-state index contributed by atoms with van der Waals surface area (Å²) in [5.74, 6) is 5.19. The van der Waals surface area contributed by atoms with Crippen molar-refractivity contribution in [2.75, 3.05) is 0 Å². The molecular weight excluding hydrogens is 434 g/mol. The highest BCUT2D eigenvalue weighted by Crippen LogP contribution is 2.21. The van der Waals surface area contributed by atoms with E-state index in [1.54, 1.807) is 44.5 Å². The molecule has 162 valence electrons. The highest BCUT2D eigenvalue weighted by Gasteiger charge is 2.31. The number of nitrogens with one attached hydrogen (secondary N) is 1. The van der Waals surface area contributed by atoms with E-state index in [2.05, 4.69) is 10.5 Å². The lowest BCUT2D eigenvalue weighted by Crippen LogP contribution is -2.57. The zero-order valence-corrected chi connectivity index (χ0v) is 19.0. The maximum atomic E-state index is 13.5. The first-order valence-corrected chi connectivity index (χ1v) is 10.7. The number of ether oxygens (including phenoxy) is 1. The maximum Gasteiger partial charge on any atom is 0.432 e. The van der Waals surface area contributed by atoms with Gasteiger partial charge in [-0.25, -0.2) is 9.78 Å². The van der Waals surface area contributed by atoms with Crippen LogP contribution in [0.1, 0.15) is 36.7 Å². The van der Waals surface area contributed by atoms with Crippen molar-refractivity contribution in [1.82, 2.24) is 20.4 Å². The highest BCUT2D eigenvalue weighted by molar-refractivity contribution is 7.80. The van der Waals surface area contributed by atoms with Crippen molar-refractivity contribution < 1.29 is 14.3 Å². The van der Waals surface area contributed by atoms with E-state index >= 15 is 0 Å². The lowest BCUT2D eigenvalue weighted by molar-refractivity contribution is 0.0277. The number of hydrogen-bond donors (Lipinski definition) is 2. The SMILES string of the molecule is CC(C)(C)OC(=O)N(NN)C(=S)N(Cc1ccccc1)C(=O)c1ccc2ncsc2c1. The smallest absolute Gasteiger partial charge is 0.432 e. The van der Waals surface area contributed by atoms with Crippen LogP contribution in [0.25, 0.3) is 10.2 Å². The topological polar surface area (TPSA) is 101 Å². The van der Waals surface area contributed by atoms with E-state index in [1.165, 1.54) is 16.2 Å². The quantitative estimate of drug-likeness (QED) is 0.349. The van der Waals surface area contributed by atoms with E-state index in [1.807, 2.05) is 30.3 Å². The Hall–Kier alpha value is -2.92. The lowest BCUT2D eigenvalue weighted by Gasteiger charge is -2.31. The molecule has 2 amide bonds. The molecule has 0 aliphatic heterocycles. The van der Waals surface area contributed by atoms with Gasteiger partial charge in [0.15, 0.2) is 0 Å². The van der Waals surface area contributed by atoms with Gasteiger partial charge in [0, 0.05) is 5.56 Å². The number of amides is 2. The number of hydrogen-bond acceptors (Lipinski definition) is 8. The molecule has 0 saturated carbocycles. The summed E-state index contributed by atoms with van der Waals surface area (Å²) in [6.07, 6.45) is -0.816. The van der Waals surface area contributed by atoms with Crippen LogP contribution >= 0.6 is 23.6 Å². The van der Waals surface area contributed by atoms with Gasteiger partial charge in [0.2, 0.25) is 5.11 Å². The van der Waals surface area contributed by atoms with Crippen LogP contribution in [0, 0.1) is 0 Å². The first-order valence-electron chi connectivity index (χ1n) is 9.42. The third-order valence-electron chi connectivity index (χ3n) is 4.13. The molecule has 31 heavy (non-hydrogen) atoms. The third-order valence-corrected chi connectivity index (χ3v) is 5.33. The van der Waals surface area contributed by atoms with Crippen LogP contribution in [-0.2, 0) is 11.3 Å². The third kappa shape index (κ3) is 5.61. The molecule has 3 N–H and O–H groups in total. The normalized spacial score (nSPS) is 11.2. The maximum absolute atomic E-state index is 13.5. The molecule has 0 saturated heterocycles. The summed E-state index contributed by atoms with van der Waals surface area (Å²) in [6.45, 7) is 5.31. The summed E-state index contributed by atoms with van der Waals surface area (Å²) in [6, 6.07) is 14.5. The van der Waals surface area contributed by atoms with Crippen molar-refractivity contribution in [3.8, 4) is 0 Å². The van der Waals surface area contributed by atoms with Gasteiger partial charge in [-0.05, 0) is 56.8 Å². The number of thiazole rings is 1. The molecule has 0 radical (unpaired) electrons. The van der Waals surface area contributed by atoms with Gasteiger partial charge in [-0.1, -0.05) is 30.3 Å². The number of aromatic nitrogens is 1. The molecule has 1 heterocycles. The van der Waals surface area contributed by atoms with Crippen molar-refractivity contribution in [1.29, 1.82) is 0 Å². The minimum atomic E-state index is -0.816. The van der Waals surface area contributed by atoms with E-state index in [0.717, 1.165) is 20.8 Å². The molecule has 0 atom stereocenters. The Morgan fingerprint density at radius 3 is 2.55 bits per heavy atom. The van der Waals surface area contributed by atoms with Crippen molar-refractivity contribution in [2.24, 2.45) is 5.84 Å². The fourth-order valence-corrected chi connectivity index (χ4v) is 3.74. The van der Waals surface area contributed by atoms with Crippen LogP contribution in [0.5, 0.6) is 0 Å². The van der Waals surface area contributed by atoms with Crippen molar-refractivity contribution in [3.05, 3.63) is 65.2 Å². The van der Waals surface area contributed by atoms with Gasteiger partial charge in [-0.3, -0.25) is 15.5 Å². The molecular formula is C21H23N5O3S2. The molecule has 3 aromatic rings. The summed E-state index contributed by atoms with van der Waals surface area (Å²) in [4.78, 5) is 31.6. The highest BCUT2D eigenvalue weighted by atomic mass is 32.1. The van der Waals surface area contributed by atoms with Crippen LogP contribution in [0.3, 0.4) is 0 Å². The van der Waals surface area contributed by atoms with Crippen LogP contribution in [0.4, 0.5) is 4.79 Å². The van der Waals surface area contributed by atoms with Crippen LogP contribution in [0.2, 0.25) is 0 Å². The Kier molecular flexibility index (Phi) is 6.96. The van der Waals surface area contributed by atoms with Crippen LogP contribution in [0.15, 0.2) is 54.0 Å². The van der Waals surface area contributed by atoms with Gasteiger partial charge in [0.1, 0.15) is 5.60 Å². The number of nitrogens with zero attached hydrogens (tertiary/aromatic N) is 3. The Morgan fingerprint density at radius 1 is 1.19 bits per heavy atom. The molecule has 0 spiro atoms. The number of fused-ring (bicyclic) bond motifs is 1. The van der Waals surface area contributed by atoms with Gasteiger partial charge in [0.25, 0.3) is 5.91 Å². The lowest BCUT2D eigenvalue weighted by atomic mass is 10.1. The monoisotopic (exact) mass is 457 g/mol. The predicted octanol–water partition coefficient (Wildman–Crippen LogP) is 3.84. The van der Waals surface area contributed by atoms with Crippen LogP contribution < -0.4 is 11.4 Å². The summed E-state index contributed by atoms with van der Waals surface area (Å²) < 4.78 is 6.23. The second-order valence-electron chi connectivity index (χ2n) is 7.64. The first-order chi connectivity index (χ1) is 14.7. The van der Waals surface area contributed by atoms with E-state index in [-0.39, 0.29) is 17.6 Å². The Labute approximate surface area is 189 Å². The molecule has 2 aromatic carbocycles. The van der Waals surface area contributed by atoms with Gasteiger partial charge in [-0.15, -0.1) is 11.3 Å². The number of carbonyl (C=O) groups excluding carboxylic acids is 2. The molecule has 3 rings (SSSR count). The zero-order valence-electron chi connectivity index (χ0n) is 17.4. The zero-order chi connectivity index (χ0) is 22.6. The Bertz CT molecular complexity index is 1100. The number of rotatable bonds is 4. The van der Waals surface area contributed by atoms with Gasteiger partial charge in [0.05, 0.1) is 22.3 Å². The van der Waals surface area contributed by atoms with Gasteiger partial charge < -0.3 is 4.74 Å². The Balaban J connectivity index is 1.95. The van der Waals surface area contributed by atoms with Crippen molar-refractivity contribution >= 4 is 50.9 Å². The molecule has 0 bridgehead atoms. The molecule has 0 aliphatic rings. The molecule has 0 unspecified atom stereocenters. The summed E-state index contributed by atoms with van der Waals surface area (Å²) in [7, 11) is 0. The first kappa shape index (κ1) is 22.8. The minimum Gasteiger partial charge on any atom is -0.442 e. The van der Waals surface area contributed by atoms with E-state index < -0.39 is 11.7 Å². The second-order valence-corrected chi connectivity index (χ2v) is 8.89. The summed E-state index contributed by atoms with van der Waals surface area (Å²) >= 11 is 6.93. The predicted molar refractivity (Wildman–Crippen MR) is 124 cm³/mol. The molecule has 1 aromatic heterocycles. The average molecular weight is 458 g/mol. The molecule has 0 fully saturated rings. The van der Waals surface area contributed by atoms with E-state index in [0.29, 0.717) is 5.56 Å². The minimum absolute atomic E-state index is 0.130. The van der Waals surface area contributed by atoms with E-state index in [9.17, 15) is 9.59 Å². The molecule has 10 heteroatoms. The molecule has 0 aliphatic carbocycles.